The number of carbonyl (C=O) groups is 1. The van der Waals surface area contributed by atoms with Crippen LogP contribution in [-0.2, 0) is 7.05 Å². The molecule has 33 heavy (non-hydrogen) atoms. The molecular weight excluding hydrogens is 426 g/mol. The van der Waals surface area contributed by atoms with Crippen LogP contribution in [0.25, 0.3) is 11.4 Å². The van der Waals surface area contributed by atoms with E-state index in [1.165, 1.54) is 30.3 Å². The van der Waals surface area contributed by atoms with Crippen LogP contribution in [-0.4, -0.2) is 36.6 Å². The van der Waals surface area contributed by atoms with Gasteiger partial charge in [-0.3, -0.25) is 5.41 Å². The van der Waals surface area contributed by atoms with Gasteiger partial charge in [-0.1, -0.05) is 12.1 Å². The predicted molar refractivity (Wildman–Crippen MR) is 119 cm³/mol. The van der Waals surface area contributed by atoms with Gasteiger partial charge in [-0.15, -0.1) is 0 Å². The summed E-state index contributed by atoms with van der Waals surface area (Å²) in [4.78, 5) is 20.1. The number of rotatable bonds is 7. The highest BCUT2D eigenvalue weighted by atomic mass is 16.5. The summed E-state index contributed by atoms with van der Waals surface area (Å²) in [6, 6.07) is 13.7. The molecule has 4 aromatic rings. The van der Waals surface area contributed by atoms with E-state index in [2.05, 4.69) is 9.97 Å². The van der Waals surface area contributed by atoms with Crippen LogP contribution in [0, 0.1) is 5.41 Å². The Labute approximate surface area is 188 Å². The van der Waals surface area contributed by atoms with Crippen molar-refractivity contribution in [2.24, 2.45) is 12.8 Å². The van der Waals surface area contributed by atoms with Gasteiger partial charge in [0.1, 0.15) is 17.4 Å². The van der Waals surface area contributed by atoms with Crippen LogP contribution in [0.15, 0.2) is 67.0 Å². The van der Waals surface area contributed by atoms with Crippen LogP contribution < -0.4 is 15.2 Å². The number of nitrogen functional groups attached to an aromatic ring is 1. The smallest absolute Gasteiger partial charge is 0.336 e. The van der Waals surface area contributed by atoms with Crippen molar-refractivity contribution in [3.63, 3.8) is 0 Å². The average Bonchev–Trinajstić information content (AvgIpc) is 3.21. The van der Waals surface area contributed by atoms with Crippen LogP contribution in [0.5, 0.6) is 29.0 Å². The van der Waals surface area contributed by atoms with Crippen molar-refractivity contribution in [3.8, 4) is 40.4 Å². The molecule has 0 radical (unpaired) electrons. The molecular formula is C23H19N5O5. The van der Waals surface area contributed by atoms with Gasteiger partial charge in [0.15, 0.2) is 11.5 Å². The van der Waals surface area contributed by atoms with Crippen LogP contribution in [0.4, 0.5) is 0 Å². The van der Waals surface area contributed by atoms with E-state index in [1.54, 1.807) is 24.4 Å². The number of pyridine rings is 1. The lowest BCUT2D eigenvalue weighted by molar-refractivity contribution is 0.0696. The number of aryl methyl sites for hydroxylation is 1. The van der Waals surface area contributed by atoms with Crippen molar-refractivity contribution in [1.82, 2.24) is 14.5 Å². The number of imidazole rings is 1. The number of phenolic OH excluding ortho intramolecular Hbond substituents is 1. The van der Waals surface area contributed by atoms with Gasteiger partial charge in [0.25, 0.3) is 0 Å². The highest BCUT2D eigenvalue weighted by Gasteiger charge is 2.14. The number of hydrogen-bond donors (Lipinski definition) is 4. The molecule has 0 fully saturated rings. The van der Waals surface area contributed by atoms with Gasteiger partial charge in [-0.2, -0.15) is 4.98 Å². The third-order valence-electron chi connectivity index (χ3n) is 4.65. The van der Waals surface area contributed by atoms with E-state index in [0.717, 1.165) is 11.4 Å². The number of amidine groups is 1. The summed E-state index contributed by atoms with van der Waals surface area (Å²) in [7, 11) is 1.87. The zero-order chi connectivity index (χ0) is 23.5. The molecule has 0 amide bonds. The number of benzene rings is 2. The van der Waals surface area contributed by atoms with Crippen molar-refractivity contribution in [1.29, 1.82) is 5.41 Å². The van der Waals surface area contributed by atoms with E-state index in [-0.39, 0.29) is 34.7 Å². The van der Waals surface area contributed by atoms with Gasteiger partial charge in [0, 0.05) is 42.7 Å². The fraction of sp³-hybridized carbons (Fsp3) is 0.0435. The maximum atomic E-state index is 11.6. The first-order valence-corrected chi connectivity index (χ1v) is 9.66. The SMILES string of the molecule is Cn1ccnc1-c1cccc(Oc2cc(C(=O)O)cc(Oc3ccc(C(=N)N)cc3O)n2)c1. The largest absolute Gasteiger partial charge is 0.504 e. The Bertz CT molecular complexity index is 1370. The topological polar surface area (TPSA) is 157 Å². The molecule has 166 valence electrons. The highest BCUT2D eigenvalue weighted by Crippen LogP contribution is 2.33. The Morgan fingerprint density at radius 2 is 1.82 bits per heavy atom. The minimum absolute atomic E-state index is 0.0118. The summed E-state index contributed by atoms with van der Waals surface area (Å²) in [5.41, 5.74) is 6.41. The van der Waals surface area contributed by atoms with E-state index in [4.69, 9.17) is 20.6 Å². The third-order valence-corrected chi connectivity index (χ3v) is 4.65. The zero-order valence-electron chi connectivity index (χ0n) is 17.4. The number of nitrogens with zero attached hydrogens (tertiary/aromatic N) is 3. The summed E-state index contributed by atoms with van der Waals surface area (Å²) in [6.45, 7) is 0. The number of aromatic hydroxyl groups is 1. The van der Waals surface area contributed by atoms with Crippen molar-refractivity contribution in [2.75, 3.05) is 0 Å². The Morgan fingerprint density at radius 3 is 2.45 bits per heavy atom. The Morgan fingerprint density at radius 1 is 1.06 bits per heavy atom. The molecule has 5 N–H and O–H groups in total. The molecule has 4 rings (SSSR count). The summed E-state index contributed by atoms with van der Waals surface area (Å²) < 4.78 is 13.3. The second-order valence-corrected chi connectivity index (χ2v) is 7.03. The van der Waals surface area contributed by atoms with Gasteiger partial charge in [0.2, 0.25) is 11.8 Å². The Hall–Kier alpha value is -4.86. The van der Waals surface area contributed by atoms with Crippen molar-refractivity contribution < 1.29 is 24.5 Å². The van der Waals surface area contributed by atoms with Crippen molar-refractivity contribution in [2.45, 2.75) is 0 Å². The van der Waals surface area contributed by atoms with E-state index >= 15 is 0 Å². The monoisotopic (exact) mass is 445 g/mol. The van der Waals surface area contributed by atoms with E-state index in [9.17, 15) is 15.0 Å². The van der Waals surface area contributed by atoms with Gasteiger partial charge in [0.05, 0.1) is 5.56 Å². The number of nitrogens with one attached hydrogen (secondary N) is 1. The quantitative estimate of drug-likeness (QED) is 0.247. The molecule has 0 unspecified atom stereocenters. The fourth-order valence-electron chi connectivity index (χ4n) is 3.06. The molecule has 0 spiro atoms. The van der Waals surface area contributed by atoms with Gasteiger partial charge in [-0.25, -0.2) is 9.78 Å². The lowest BCUT2D eigenvalue weighted by Crippen LogP contribution is -2.10. The third kappa shape index (κ3) is 4.74. The summed E-state index contributed by atoms with van der Waals surface area (Å²) in [6.07, 6.45) is 3.51. The maximum Gasteiger partial charge on any atom is 0.336 e. The number of nitrogens with two attached hydrogens (primary N) is 1. The van der Waals surface area contributed by atoms with Crippen molar-refractivity contribution >= 4 is 11.8 Å². The molecule has 0 saturated carbocycles. The van der Waals surface area contributed by atoms with E-state index in [1.807, 2.05) is 23.9 Å². The van der Waals surface area contributed by atoms with Gasteiger partial charge < -0.3 is 30.0 Å². The second kappa shape index (κ2) is 8.71. The molecule has 0 saturated heterocycles. The molecule has 0 aliphatic carbocycles. The standard InChI is InChI=1S/C23H19N5O5/c1-28-8-7-26-22(28)14-3-2-4-16(9-14)32-19-11-15(23(30)31)12-20(27-19)33-18-6-5-13(21(24)25)10-17(18)29/h2-12,29H,1H3,(H3,24,25)(H,30,31). The second-order valence-electron chi connectivity index (χ2n) is 7.03. The molecule has 0 atom stereocenters. The molecule has 10 heteroatoms. The summed E-state index contributed by atoms with van der Waals surface area (Å²) in [5, 5.41) is 27.1. The lowest BCUT2D eigenvalue weighted by Gasteiger charge is -2.11. The molecule has 10 nitrogen and oxygen atoms in total. The molecule has 2 heterocycles. The number of carboxylic acid groups (broad SMARTS) is 1. The zero-order valence-corrected chi connectivity index (χ0v) is 17.4. The minimum Gasteiger partial charge on any atom is -0.504 e. The maximum absolute atomic E-state index is 11.6. The first kappa shape index (κ1) is 21.4. The van der Waals surface area contributed by atoms with Crippen LogP contribution in [0.2, 0.25) is 0 Å². The predicted octanol–water partition coefficient (Wildman–Crippen LogP) is 3.75. The number of aromatic carboxylic acids is 1. The fourth-order valence-corrected chi connectivity index (χ4v) is 3.06. The number of ether oxygens (including phenoxy) is 2. The normalized spacial score (nSPS) is 10.6. The first-order chi connectivity index (χ1) is 15.8. The number of aromatic nitrogens is 3. The van der Waals surface area contributed by atoms with E-state index < -0.39 is 5.97 Å². The number of phenols is 1. The average molecular weight is 445 g/mol. The molecule has 0 aliphatic heterocycles. The van der Waals surface area contributed by atoms with Crippen molar-refractivity contribution in [3.05, 3.63) is 78.1 Å². The number of carboxylic acids is 1. The molecule has 0 bridgehead atoms. The van der Waals surface area contributed by atoms with Gasteiger partial charge >= 0.3 is 5.97 Å². The van der Waals surface area contributed by atoms with Crippen LogP contribution >= 0.6 is 0 Å². The Balaban J connectivity index is 1.64. The lowest BCUT2D eigenvalue weighted by atomic mass is 10.2. The molecule has 2 aromatic heterocycles. The van der Waals surface area contributed by atoms with E-state index in [0.29, 0.717) is 11.3 Å². The van der Waals surface area contributed by atoms with Crippen LogP contribution in [0.3, 0.4) is 0 Å². The highest BCUT2D eigenvalue weighted by molar-refractivity contribution is 5.95. The summed E-state index contributed by atoms with van der Waals surface area (Å²) >= 11 is 0. The van der Waals surface area contributed by atoms with Crippen LogP contribution in [0.1, 0.15) is 15.9 Å². The number of hydrogen-bond acceptors (Lipinski definition) is 7. The molecule has 2 aromatic carbocycles. The first-order valence-electron chi connectivity index (χ1n) is 9.66. The molecule has 0 aliphatic rings. The van der Waals surface area contributed by atoms with Gasteiger partial charge in [-0.05, 0) is 30.3 Å². The Kier molecular flexibility index (Phi) is 5.64. The minimum atomic E-state index is -1.20. The summed E-state index contributed by atoms with van der Waals surface area (Å²) in [5.74, 6) is -0.645.